The van der Waals surface area contributed by atoms with E-state index in [2.05, 4.69) is 27.7 Å². The minimum absolute atomic E-state index is 0.160. The first-order valence-electron chi connectivity index (χ1n) is 12.3. The van der Waals surface area contributed by atoms with E-state index < -0.39 is 11.9 Å². The first kappa shape index (κ1) is 26.2. The van der Waals surface area contributed by atoms with Gasteiger partial charge < -0.3 is 9.47 Å². The zero-order chi connectivity index (χ0) is 25.6. The largest absolute Gasteiger partial charge is 0.465 e. The molecule has 1 atom stereocenters. The number of carbonyl (C=O) groups is 2. The van der Waals surface area contributed by atoms with Crippen LogP contribution in [0.3, 0.4) is 0 Å². The fourth-order valence-corrected chi connectivity index (χ4v) is 4.15. The molecule has 35 heavy (non-hydrogen) atoms. The molecular weight excluding hydrogens is 436 g/mol. The minimum Gasteiger partial charge on any atom is -0.465 e. The fraction of sp³-hybridized carbons (Fsp3) is 0.355. The molecule has 0 aliphatic carbocycles. The Morgan fingerprint density at radius 2 is 1.57 bits per heavy atom. The highest BCUT2D eigenvalue weighted by Crippen LogP contribution is 2.39. The monoisotopic (exact) mass is 472 g/mol. The summed E-state index contributed by atoms with van der Waals surface area (Å²) in [7, 11) is 0. The quantitative estimate of drug-likeness (QED) is 0.258. The van der Waals surface area contributed by atoms with Crippen LogP contribution in [-0.2, 0) is 21.4 Å². The second kappa shape index (κ2) is 11.4. The third-order valence-electron chi connectivity index (χ3n) is 6.06. The Bertz CT molecular complexity index is 1160. The second-order valence-corrected chi connectivity index (χ2v) is 9.89. The van der Waals surface area contributed by atoms with Crippen LogP contribution in [-0.4, -0.2) is 18.5 Å². The van der Waals surface area contributed by atoms with Gasteiger partial charge >= 0.3 is 11.9 Å². The first-order chi connectivity index (χ1) is 16.7. The molecule has 4 heteroatoms. The molecule has 0 heterocycles. The normalized spacial score (nSPS) is 12.2. The Hall–Kier alpha value is -3.40. The topological polar surface area (TPSA) is 52.6 Å². The van der Waals surface area contributed by atoms with Gasteiger partial charge in [-0.3, -0.25) is 4.79 Å². The Labute approximate surface area is 209 Å². The van der Waals surface area contributed by atoms with Crippen molar-refractivity contribution in [2.45, 2.75) is 65.7 Å². The maximum atomic E-state index is 13.3. The predicted octanol–water partition coefficient (Wildman–Crippen LogP) is 7.16. The van der Waals surface area contributed by atoms with Crippen molar-refractivity contribution in [2.24, 2.45) is 0 Å². The van der Waals surface area contributed by atoms with E-state index in [1.165, 1.54) is 5.56 Å². The molecule has 0 N–H and O–H groups in total. The summed E-state index contributed by atoms with van der Waals surface area (Å²) in [5.41, 5.74) is 4.78. The van der Waals surface area contributed by atoms with E-state index in [-0.39, 0.29) is 18.0 Å². The lowest BCUT2D eigenvalue weighted by molar-refractivity contribution is -0.143. The van der Waals surface area contributed by atoms with Crippen LogP contribution >= 0.6 is 0 Å². The molecule has 0 fully saturated rings. The van der Waals surface area contributed by atoms with Crippen LogP contribution < -0.4 is 4.74 Å². The lowest BCUT2D eigenvalue weighted by atomic mass is 9.81. The van der Waals surface area contributed by atoms with Gasteiger partial charge in [0.1, 0.15) is 11.7 Å². The molecule has 0 aromatic heterocycles. The molecule has 1 unspecified atom stereocenters. The highest BCUT2D eigenvalue weighted by molar-refractivity contribution is 5.92. The van der Waals surface area contributed by atoms with Crippen molar-refractivity contribution in [1.29, 1.82) is 0 Å². The minimum atomic E-state index is -0.716. The summed E-state index contributed by atoms with van der Waals surface area (Å²) in [4.78, 5) is 26.4. The average molecular weight is 473 g/mol. The molecule has 3 aromatic rings. The molecule has 0 aliphatic heterocycles. The molecule has 4 nitrogen and oxygen atoms in total. The van der Waals surface area contributed by atoms with Crippen molar-refractivity contribution in [3.05, 3.63) is 100 Å². The predicted molar refractivity (Wildman–Crippen MR) is 140 cm³/mol. The summed E-state index contributed by atoms with van der Waals surface area (Å²) >= 11 is 0. The van der Waals surface area contributed by atoms with E-state index in [1.54, 1.807) is 19.1 Å². The van der Waals surface area contributed by atoms with E-state index in [0.29, 0.717) is 16.9 Å². The van der Waals surface area contributed by atoms with Crippen LogP contribution in [0.2, 0.25) is 0 Å². The van der Waals surface area contributed by atoms with Gasteiger partial charge in [-0.05, 0) is 60.1 Å². The molecule has 0 bridgehead atoms. The van der Waals surface area contributed by atoms with Crippen molar-refractivity contribution in [3.63, 3.8) is 0 Å². The van der Waals surface area contributed by atoms with Crippen LogP contribution in [0.25, 0.3) is 0 Å². The number of hydrogen-bond donors (Lipinski definition) is 0. The van der Waals surface area contributed by atoms with E-state index >= 15 is 0 Å². The van der Waals surface area contributed by atoms with E-state index in [4.69, 9.17) is 9.47 Å². The van der Waals surface area contributed by atoms with Crippen LogP contribution in [0.4, 0.5) is 0 Å². The molecule has 0 amide bonds. The van der Waals surface area contributed by atoms with E-state index in [0.717, 1.165) is 29.5 Å². The highest BCUT2D eigenvalue weighted by Gasteiger charge is 2.31. The molecule has 0 aliphatic rings. The molecule has 3 aromatic carbocycles. The lowest BCUT2D eigenvalue weighted by Crippen LogP contribution is -2.21. The summed E-state index contributed by atoms with van der Waals surface area (Å²) in [6.45, 7) is 12.5. The molecule has 184 valence electrons. The number of benzene rings is 3. The third-order valence-corrected chi connectivity index (χ3v) is 6.06. The van der Waals surface area contributed by atoms with Gasteiger partial charge in [0.2, 0.25) is 0 Å². The average Bonchev–Trinajstić information content (AvgIpc) is 2.82. The molecule has 3 rings (SSSR count). The van der Waals surface area contributed by atoms with Gasteiger partial charge in [-0.1, -0.05) is 88.7 Å². The molecule has 0 saturated heterocycles. The van der Waals surface area contributed by atoms with Gasteiger partial charge in [0.25, 0.3) is 0 Å². The summed E-state index contributed by atoms with van der Waals surface area (Å²) < 4.78 is 11.5. The van der Waals surface area contributed by atoms with Crippen molar-refractivity contribution in [2.75, 3.05) is 6.61 Å². The van der Waals surface area contributed by atoms with Crippen LogP contribution in [0.5, 0.6) is 5.75 Å². The van der Waals surface area contributed by atoms with Gasteiger partial charge in [-0.15, -0.1) is 0 Å². The lowest BCUT2D eigenvalue weighted by Gasteiger charge is -2.26. The van der Waals surface area contributed by atoms with Gasteiger partial charge in [-0.25, -0.2) is 4.79 Å². The number of carbonyl (C=O) groups excluding carboxylic acids is 2. The standard InChI is InChI=1S/C31H36O4/c1-7-12-22-15-17-24(18-16-22)29(32)35-28-21(3)19-25(31(4,5)6)20-26(28)27(30(33)34-8-2)23-13-10-9-11-14-23/h9-11,13-20,27H,7-8,12H2,1-6H3. The van der Waals surface area contributed by atoms with Crippen molar-refractivity contribution < 1.29 is 19.1 Å². The maximum absolute atomic E-state index is 13.3. The van der Waals surface area contributed by atoms with E-state index in [9.17, 15) is 9.59 Å². The van der Waals surface area contributed by atoms with Gasteiger partial charge in [-0.2, -0.15) is 0 Å². The Balaban J connectivity index is 2.13. The summed E-state index contributed by atoms with van der Waals surface area (Å²) in [5.74, 6) is -1.13. The highest BCUT2D eigenvalue weighted by atomic mass is 16.5. The molecule has 0 spiro atoms. The Morgan fingerprint density at radius 1 is 0.914 bits per heavy atom. The molecule has 0 radical (unpaired) electrons. The summed E-state index contributed by atoms with van der Waals surface area (Å²) in [6, 6.07) is 21.0. The summed E-state index contributed by atoms with van der Waals surface area (Å²) in [5, 5.41) is 0. The number of ether oxygens (including phenoxy) is 2. The van der Waals surface area contributed by atoms with Crippen LogP contribution in [0.1, 0.15) is 85.1 Å². The Kier molecular flexibility index (Phi) is 8.50. The number of aryl methyl sites for hydroxylation is 2. The van der Waals surface area contributed by atoms with Gasteiger partial charge in [0.15, 0.2) is 0 Å². The molecule has 0 saturated carbocycles. The smallest absolute Gasteiger partial charge is 0.343 e. The first-order valence-corrected chi connectivity index (χ1v) is 12.3. The van der Waals surface area contributed by atoms with Gasteiger partial charge in [0, 0.05) is 5.56 Å². The zero-order valence-corrected chi connectivity index (χ0v) is 21.7. The zero-order valence-electron chi connectivity index (χ0n) is 21.7. The maximum Gasteiger partial charge on any atom is 0.343 e. The Morgan fingerprint density at radius 3 is 2.14 bits per heavy atom. The summed E-state index contributed by atoms with van der Waals surface area (Å²) in [6.07, 6.45) is 2.01. The number of esters is 2. The van der Waals surface area contributed by atoms with Crippen molar-refractivity contribution >= 4 is 11.9 Å². The van der Waals surface area contributed by atoms with Crippen molar-refractivity contribution in [1.82, 2.24) is 0 Å². The van der Waals surface area contributed by atoms with Gasteiger partial charge in [0.05, 0.1) is 12.2 Å². The van der Waals surface area contributed by atoms with Crippen LogP contribution in [0.15, 0.2) is 66.7 Å². The molecular formula is C31H36O4. The second-order valence-electron chi connectivity index (χ2n) is 9.89. The third kappa shape index (κ3) is 6.39. The number of hydrogen-bond acceptors (Lipinski definition) is 4. The SMILES string of the molecule is CCCc1ccc(C(=O)Oc2c(C)cc(C(C)(C)C)cc2C(C(=O)OCC)c2ccccc2)cc1. The number of rotatable bonds is 8. The van der Waals surface area contributed by atoms with Crippen LogP contribution in [0, 0.1) is 6.92 Å². The van der Waals surface area contributed by atoms with Crippen molar-refractivity contribution in [3.8, 4) is 5.75 Å². The van der Waals surface area contributed by atoms with E-state index in [1.807, 2.05) is 61.5 Å². The fourth-order valence-electron chi connectivity index (χ4n) is 4.15.